The van der Waals surface area contributed by atoms with Gasteiger partial charge in [-0.05, 0) is 31.6 Å². The predicted molar refractivity (Wildman–Crippen MR) is 76.2 cm³/mol. The highest BCUT2D eigenvalue weighted by molar-refractivity contribution is 5.78. The molecule has 2 rings (SSSR count). The van der Waals surface area contributed by atoms with Gasteiger partial charge in [-0.2, -0.15) is 0 Å². The molecule has 1 amide bonds. The van der Waals surface area contributed by atoms with Gasteiger partial charge in [0.05, 0.1) is 6.54 Å². The van der Waals surface area contributed by atoms with Gasteiger partial charge in [-0.15, -0.1) is 10.2 Å². The highest BCUT2D eigenvalue weighted by Crippen LogP contribution is 2.28. The number of aromatic amines is 1. The van der Waals surface area contributed by atoms with E-state index in [1.165, 1.54) is 0 Å². The number of carbonyl (C=O) groups is 1. The van der Waals surface area contributed by atoms with Gasteiger partial charge < -0.3 is 15.8 Å². The van der Waals surface area contributed by atoms with E-state index < -0.39 is 5.56 Å². The SMILES string of the molecule is COCC1CCC(C(=O)NCc2nnc(N)[nH]c2=O)CC1. The minimum absolute atomic E-state index is 0.000992. The number of nitrogens with one attached hydrogen (secondary N) is 2. The van der Waals surface area contributed by atoms with Crippen LogP contribution in [-0.4, -0.2) is 34.8 Å². The fourth-order valence-electron chi connectivity index (χ4n) is 2.63. The summed E-state index contributed by atoms with van der Waals surface area (Å²) in [6.45, 7) is 0.824. The van der Waals surface area contributed by atoms with Crippen LogP contribution in [0, 0.1) is 11.8 Å². The molecule has 21 heavy (non-hydrogen) atoms. The maximum Gasteiger partial charge on any atom is 0.276 e. The second-order valence-electron chi connectivity index (χ2n) is 5.38. The number of rotatable bonds is 5. The molecule has 1 fully saturated rings. The molecule has 0 radical (unpaired) electrons. The topological polar surface area (TPSA) is 123 Å². The Morgan fingerprint density at radius 3 is 2.71 bits per heavy atom. The number of hydrogen-bond acceptors (Lipinski definition) is 6. The number of nitrogens with two attached hydrogens (primary N) is 1. The Morgan fingerprint density at radius 2 is 2.10 bits per heavy atom. The van der Waals surface area contributed by atoms with Crippen molar-refractivity contribution in [3.8, 4) is 0 Å². The van der Waals surface area contributed by atoms with Crippen molar-refractivity contribution in [2.75, 3.05) is 19.5 Å². The number of carbonyl (C=O) groups excluding carboxylic acids is 1. The third-order valence-electron chi connectivity index (χ3n) is 3.83. The van der Waals surface area contributed by atoms with Gasteiger partial charge in [0.25, 0.3) is 5.56 Å². The van der Waals surface area contributed by atoms with Gasteiger partial charge in [0, 0.05) is 19.6 Å². The van der Waals surface area contributed by atoms with Gasteiger partial charge in [0.2, 0.25) is 11.9 Å². The summed E-state index contributed by atoms with van der Waals surface area (Å²) in [4.78, 5) is 26.0. The van der Waals surface area contributed by atoms with E-state index in [9.17, 15) is 9.59 Å². The van der Waals surface area contributed by atoms with E-state index in [1.807, 2.05) is 0 Å². The standard InChI is InChI=1S/C13H21N5O3/c1-21-7-8-2-4-9(5-3-8)11(19)15-6-10-12(20)16-13(14)18-17-10/h8-9H,2-7H2,1H3,(H,15,19)(H3,14,16,18,20). The van der Waals surface area contributed by atoms with Crippen LogP contribution in [0.4, 0.5) is 5.95 Å². The summed E-state index contributed by atoms with van der Waals surface area (Å²) in [6.07, 6.45) is 3.69. The van der Waals surface area contributed by atoms with Crippen LogP contribution in [0.5, 0.6) is 0 Å². The number of aromatic nitrogens is 3. The first-order valence-corrected chi connectivity index (χ1v) is 7.08. The predicted octanol–water partition coefficient (Wildman–Crippen LogP) is -0.184. The van der Waals surface area contributed by atoms with Crippen molar-refractivity contribution in [1.29, 1.82) is 0 Å². The van der Waals surface area contributed by atoms with Gasteiger partial charge in [0.1, 0.15) is 5.69 Å². The van der Waals surface area contributed by atoms with E-state index in [-0.39, 0.29) is 30.0 Å². The van der Waals surface area contributed by atoms with Gasteiger partial charge in [0.15, 0.2) is 0 Å². The molecule has 0 bridgehead atoms. The maximum absolute atomic E-state index is 12.1. The summed E-state index contributed by atoms with van der Waals surface area (Å²) < 4.78 is 5.14. The average molecular weight is 295 g/mol. The van der Waals surface area contributed by atoms with Gasteiger partial charge in [-0.1, -0.05) is 0 Å². The Labute approximate surface area is 122 Å². The molecular weight excluding hydrogens is 274 g/mol. The Balaban J connectivity index is 1.81. The zero-order valence-corrected chi connectivity index (χ0v) is 12.1. The largest absolute Gasteiger partial charge is 0.384 e. The molecule has 0 aliphatic heterocycles. The van der Waals surface area contributed by atoms with Gasteiger partial charge >= 0.3 is 0 Å². The van der Waals surface area contributed by atoms with Crippen molar-refractivity contribution in [3.05, 3.63) is 16.0 Å². The van der Waals surface area contributed by atoms with E-state index >= 15 is 0 Å². The van der Waals surface area contributed by atoms with Crippen LogP contribution in [0.15, 0.2) is 4.79 Å². The van der Waals surface area contributed by atoms with Crippen molar-refractivity contribution >= 4 is 11.9 Å². The first kappa shape index (κ1) is 15.4. The number of methoxy groups -OCH3 is 1. The summed E-state index contributed by atoms with van der Waals surface area (Å²) in [5.41, 5.74) is 5.04. The smallest absolute Gasteiger partial charge is 0.276 e. The molecule has 0 unspecified atom stereocenters. The lowest BCUT2D eigenvalue weighted by Gasteiger charge is -2.27. The molecule has 4 N–H and O–H groups in total. The third kappa shape index (κ3) is 4.25. The second-order valence-corrected chi connectivity index (χ2v) is 5.38. The highest BCUT2D eigenvalue weighted by atomic mass is 16.5. The van der Waals surface area contributed by atoms with Crippen molar-refractivity contribution in [2.45, 2.75) is 32.2 Å². The molecule has 116 valence electrons. The summed E-state index contributed by atoms with van der Waals surface area (Å²) in [6, 6.07) is 0. The molecule has 1 aromatic rings. The van der Waals surface area contributed by atoms with Crippen LogP contribution in [0.1, 0.15) is 31.4 Å². The summed E-state index contributed by atoms with van der Waals surface area (Å²) in [7, 11) is 1.70. The van der Waals surface area contributed by atoms with Crippen molar-refractivity contribution in [1.82, 2.24) is 20.5 Å². The number of amides is 1. The van der Waals surface area contributed by atoms with E-state index in [4.69, 9.17) is 10.5 Å². The van der Waals surface area contributed by atoms with Crippen LogP contribution in [0.3, 0.4) is 0 Å². The summed E-state index contributed by atoms with van der Waals surface area (Å²) >= 11 is 0. The molecule has 0 atom stereocenters. The number of ether oxygens (including phenoxy) is 1. The zero-order chi connectivity index (χ0) is 15.2. The lowest BCUT2D eigenvalue weighted by molar-refractivity contribution is -0.126. The molecule has 0 aromatic carbocycles. The minimum atomic E-state index is -0.424. The van der Waals surface area contributed by atoms with Crippen LogP contribution >= 0.6 is 0 Å². The van der Waals surface area contributed by atoms with Crippen LogP contribution in [-0.2, 0) is 16.1 Å². The van der Waals surface area contributed by atoms with Gasteiger partial charge in [-0.25, -0.2) is 0 Å². The molecule has 0 saturated heterocycles. The molecule has 8 nitrogen and oxygen atoms in total. The van der Waals surface area contributed by atoms with Crippen LogP contribution in [0.25, 0.3) is 0 Å². The van der Waals surface area contributed by atoms with E-state index in [1.54, 1.807) is 7.11 Å². The Kier molecular flexibility index (Phi) is 5.26. The third-order valence-corrected chi connectivity index (χ3v) is 3.83. The van der Waals surface area contributed by atoms with Crippen molar-refractivity contribution < 1.29 is 9.53 Å². The lowest BCUT2D eigenvalue weighted by Crippen LogP contribution is -2.35. The fourth-order valence-corrected chi connectivity index (χ4v) is 2.63. The van der Waals surface area contributed by atoms with E-state index in [0.29, 0.717) is 5.92 Å². The highest BCUT2D eigenvalue weighted by Gasteiger charge is 2.26. The number of H-pyrrole nitrogens is 1. The summed E-state index contributed by atoms with van der Waals surface area (Å²) in [5, 5.41) is 9.99. The normalized spacial score (nSPS) is 22.0. The number of nitrogen functional groups attached to an aromatic ring is 1. The van der Waals surface area contributed by atoms with Crippen molar-refractivity contribution in [2.24, 2.45) is 11.8 Å². The number of anilines is 1. The quantitative estimate of drug-likeness (QED) is 0.692. The van der Waals surface area contributed by atoms with Crippen LogP contribution < -0.4 is 16.6 Å². The fraction of sp³-hybridized carbons (Fsp3) is 0.692. The van der Waals surface area contributed by atoms with Crippen molar-refractivity contribution in [3.63, 3.8) is 0 Å². The Bertz CT molecular complexity index is 537. The molecule has 8 heteroatoms. The zero-order valence-electron chi connectivity index (χ0n) is 12.1. The van der Waals surface area contributed by atoms with E-state index in [0.717, 1.165) is 32.3 Å². The number of nitrogens with zero attached hydrogens (tertiary/aromatic N) is 2. The molecule has 1 saturated carbocycles. The lowest BCUT2D eigenvalue weighted by atomic mass is 9.82. The molecule has 0 spiro atoms. The van der Waals surface area contributed by atoms with E-state index in [2.05, 4.69) is 20.5 Å². The maximum atomic E-state index is 12.1. The molecular formula is C13H21N5O3. The second kappa shape index (κ2) is 7.16. The number of hydrogen-bond donors (Lipinski definition) is 3. The Hall–Kier alpha value is -1.96. The average Bonchev–Trinajstić information content (AvgIpc) is 2.47. The van der Waals surface area contributed by atoms with Gasteiger partial charge in [-0.3, -0.25) is 14.6 Å². The molecule has 1 aromatic heterocycles. The van der Waals surface area contributed by atoms with Crippen LogP contribution in [0.2, 0.25) is 0 Å². The minimum Gasteiger partial charge on any atom is -0.384 e. The molecule has 1 aliphatic rings. The summed E-state index contributed by atoms with van der Waals surface area (Å²) in [5.74, 6) is 0.472. The molecule has 1 heterocycles. The Morgan fingerprint density at radius 1 is 1.38 bits per heavy atom. The monoisotopic (exact) mass is 295 g/mol. The molecule has 1 aliphatic carbocycles. The first-order valence-electron chi connectivity index (χ1n) is 7.08. The first-order chi connectivity index (χ1) is 10.1.